The number of rotatable bonds is 6. The van der Waals surface area contributed by atoms with E-state index in [-0.39, 0.29) is 11.6 Å². The molecule has 0 bridgehead atoms. The van der Waals surface area contributed by atoms with Gasteiger partial charge in [-0.2, -0.15) is 0 Å². The maximum atomic E-state index is 12.9. The molecule has 30 heavy (non-hydrogen) atoms. The Balaban J connectivity index is 1.72. The van der Waals surface area contributed by atoms with E-state index in [4.69, 9.17) is 4.74 Å². The molecule has 0 aliphatic heterocycles. The number of nitro groups is 1. The second kappa shape index (κ2) is 8.04. The number of nitro benzene ring substituents is 1. The summed E-state index contributed by atoms with van der Waals surface area (Å²) in [5.41, 5.74) is 2.33. The van der Waals surface area contributed by atoms with Crippen LogP contribution in [0.1, 0.15) is 27.8 Å². The van der Waals surface area contributed by atoms with Crippen molar-refractivity contribution in [1.82, 2.24) is 15.3 Å². The fourth-order valence-electron chi connectivity index (χ4n) is 3.20. The third-order valence-corrected chi connectivity index (χ3v) is 4.71. The predicted molar refractivity (Wildman–Crippen MR) is 111 cm³/mol. The first-order valence-corrected chi connectivity index (χ1v) is 9.19. The number of nitrogens with zero attached hydrogens (tertiary/aromatic N) is 2. The van der Waals surface area contributed by atoms with Gasteiger partial charge in [0.05, 0.1) is 23.1 Å². The van der Waals surface area contributed by atoms with Crippen molar-refractivity contribution in [1.29, 1.82) is 0 Å². The zero-order valence-corrected chi connectivity index (χ0v) is 16.0. The number of H-pyrrole nitrogens is 1. The highest BCUT2D eigenvalue weighted by Gasteiger charge is 2.22. The molecule has 1 aromatic heterocycles. The topological polar surface area (TPSA) is 110 Å². The van der Waals surface area contributed by atoms with Gasteiger partial charge in [0.1, 0.15) is 17.6 Å². The third-order valence-electron chi connectivity index (χ3n) is 4.71. The molecule has 1 heterocycles. The number of ether oxygens (including phenoxy) is 1. The van der Waals surface area contributed by atoms with Crippen LogP contribution in [0, 0.1) is 10.1 Å². The SMILES string of the molecule is COc1cccc(C(=O)NC(c2ccccc2)c2nc3ccc([N+](=O)[O-])cc3[nH]2)c1. The first kappa shape index (κ1) is 19.1. The van der Waals surface area contributed by atoms with Crippen LogP contribution >= 0.6 is 0 Å². The van der Waals surface area contributed by atoms with Gasteiger partial charge in [-0.05, 0) is 29.8 Å². The summed E-state index contributed by atoms with van der Waals surface area (Å²) in [7, 11) is 1.54. The molecule has 150 valence electrons. The molecule has 0 fully saturated rings. The molecule has 0 spiro atoms. The summed E-state index contributed by atoms with van der Waals surface area (Å²) in [6, 6.07) is 20.1. The van der Waals surface area contributed by atoms with E-state index in [1.165, 1.54) is 19.2 Å². The summed E-state index contributed by atoms with van der Waals surface area (Å²) < 4.78 is 5.20. The minimum atomic E-state index is -0.573. The minimum absolute atomic E-state index is 0.0330. The Morgan fingerprint density at radius 3 is 2.63 bits per heavy atom. The molecule has 8 nitrogen and oxygen atoms in total. The van der Waals surface area contributed by atoms with Crippen LogP contribution in [0.3, 0.4) is 0 Å². The summed E-state index contributed by atoms with van der Waals surface area (Å²) in [6.45, 7) is 0. The molecule has 1 atom stereocenters. The van der Waals surface area contributed by atoms with Crippen LogP contribution in [0.25, 0.3) is 11.0 Å². The largest absolute Gasteiger partial charge is 0.497 e. The van der Waals surface area contributed by atoms with Crippen molar-refractivity contribution in [3.63, 3.8) is 0 Å². The van der Waals surface area contributed by atoms with Crippen molar-refractivity contribution in [2.24, 2.45) is 0 Å². The second-order valence-corrected chi connectivity index (χ2v) is 6.63. The van der Waals surface area contributed by atoms with Crippen molar-refractivity contribution < 1.29 is 14.5 Å². The standard InChI is InChI=1S/C22H18N4O4/c1-30-17-9-5-8-15(12-17)22(27)25-20(14-6-3-2-4-7-14)21-23-18-11-10-16(26(28)29)13-19(18)24-21/h2-13,20H,1H3,(H,23,24)(H,25,27). The van der Waals surface area contributed by atoms with Crippen LogP contribution in [0.2, 0.25) is 0 Å². The first-order valence-electron chi connectivity index (χ1n) is 9.19. The molecule has 1 amide bonds. The molecule has 3 aromatic carbocycles. The van der Waals surface area contributed by atoms with Crippen LogP contribution in [0.15, 0.2) is 72.8 Å². The number of aromatic amines is 1. The van der Waals surface area contributed by atoms with Crippen molar-refractivity contribution in [3.05, 3.63) is 99.9 Å². The Bertz CT molecular complexity index is 1220. The zero-order chi connectivity index (χ0) is 21.1. The van der Waals surface area contributed by atoms with E-state index < -0.39 is 11.0 Å². The fourth-order valence-corrected chi connectivity index (χ4v) is 3.20. The highest BCUT2D eigenvalue weighted by atomic mass is 16.6. The number of amides is 1. The van der Waals surface area contributed by atoms with Gasteiger partial charge < -0.3 is 15.0 Å². The Morgan fingerprint density at radius 2 is 1.90 bits per heavy atom. The van der Waals surface area contributed by atoms with Gasteiger partial charge in [-0.25, -0.2) is 4.98 Å². The third kappa shape index (κ3) is 3.83. The Kier molecular flexibility index (Phi) is 5.13. The lowest BCUT2D eigenvalue weighted by atomic mass is 10.1. The van der Waals surface area contributed by atoms with Crippen LogP contribution in [-0.2, 0) is 0 Å². The maximum Gasteiger partial charge on any atom is 0.271 e. The van der Waals surface area contributed by atoms with Crippen LogP contribution in [-0.4, -0.2) is 27.9 Å². The number of imidazole rings is 1. The van der Waals surface area contributed by atoms with E-state index in [0.717, 1.165) is 5.56 Å². The van der Waals surface area contributed by atoms with Gasteiger partial charge in [0.25, 0.3) is 11.6 Å². The quantitative estimate of drug-likeness (QED) is 0.374. The second-order valence-electron chi connectivity index (χ2n) is 6.63. The molecule has 0 aliphatic rings. The average Bonchev–Trinajstić information content (AvgIpc) is 3.20. The van der Waals surface area contributed by atoms with Crippen LogP contribution in [0.5, 0.6) is 5.75 Å². The average molecular weight is 402 g/mol. The zero-order valence-electron chi connectivity index (χ0n) is 16.0. The number of carbonyl (C=O) groups is 1. The van der Waals surface area contributed by atoms with Gasteiger partial charge in [0.2, 0.25) is 0 Å². The Morgan fingerprint density at radius 1 is 1.10 bits per heavy atom. The summed E-state index contributed by atoms with van der Waals surface area (Å²) >= 11 is 0. The Hall–Kier alpha value is -4.20. The normalized spacial score (nSPS) is 11.8. The van der Waals surface area contributed by atoms with Crippen LogP contribution < -0.4 is 10.1 Å². The lowest BCUT2D eigenvalue weighted by Gasteiger charge is -2.17. The van der Waals surface area contributed by atoms with E-state index in [0.29, 0.717) is 28.2 Å². The molecule has 0 aliphatic carbocycles. The summed E-state index contributed by atoms with van der Waals surface area (Å²) in [4.78, 5) is 31.2. The monoisotopic (exact) mass is 402 g/mol. The molecule has 0 saturated carbocycles. The molecule has 1 unspecified atom stereocenters. The van der Waals surface area contributed by atoms with Gasteiger partial charge in [0, 0.05) is 17.7 Å². The van der Waals surface area contributed by atoms with Crippen molar-refractivity contribution in [2.45, 2.75) is 6.04 Å². The van der Waals surface area contributed by atoms with E-state index in [1.54, 1.807) is 30.3 Å². The Labute approximate surface area is 171 Å². The number of hydrogen-bond acceptors (Lipinski definition) is 5. The molecule has 0 saturated heterocycles. The highest BCUT2D eigenvalue weighted by Crippen LogP contribution is 2.25. The molecule has 0 radical (unpaired) electrons. The fraction of sp³-hybridized carbons (Fsp3) is 0.0909. The van der Waals surface area contributed by atoms with Gasteiger partial charge in [0.15, 0.2) is 0 Å². The summed E-state index contributed by atoms with van der Waals surface area (Å²) in [5, 5.41) is 14.1. The number of carbonyl (C=O) groups excluding carboxylic acids is 1. The van der Waals surface area contributed by atoms with Gasteiger partial charge >= 0.3 is 0 Å². The van der Waals surface area contributed by atoms with Gasteiger partial charge in [-0.15, -0.1) is 0 Å². The number of non-ortho nitro benzene ring substituents is 1. The number of benzene rings is 3. The molecule has 8 heteroatoms. The highest BCUT2D eigenvalue weighted by molar-refractivity contribution is 5.95. The first-order chi connectivity index (χ1) is 14.5. The summed E-state index contributed by atoms with van der Waals surface area (Å²) in [6.07, 6.45) is 0. The van der Waals surface area contributed by atoms with E-state index in [1.807, 2.05) is 30.3 Å². The number of hydrogen-bond donors (Lipinski definition) is 2. The summed E-state index contributed by atoms with van der Waals surface area (Å²) in [5.74, 6) is 0.761. The van der Waals surface area contributed by atoms with Gasteiger partial charge in [-0.1, -0.05) is 36.4 Å². The van der Waals surface area contributed by atoms with Crippen molar-refractivity contribution in [2.75, 3.05) is 7.11 Å². The van der Waals surface area contributed by atoms with Crippen molar-refractivity contribution >= 4 is 22.6 Å². The number of aromatic nitrogens is 2. The number of fused-ring (bicyclic) bond motifs is 1. The minimum Gasteiger partial charge on any atom is -0.497 e. The van der Waals surface area contributed by atoms with Gasteiger partial charge in [-0.3, -0.25) is 14.9 Å². The molecule has 2 N–H and O–H groups in total. The predicted octanol–water partition coefficient (Wildman–Crippen LogP) is 4.00. The molecule has 4 rings (SSSR count). The maximum absolute atomic E-state index is 12.9. The van der Waals surface area contributed by atoms with E-state index >= 15 is 0 Å². The lowest BCUT2D eigenvalue weighted by Crippen LogP contribution is -2.30. The van der Waals surface area contributed by atoms with E-state index in [2.05, 4.69) is 15.3 Å². The molecular formula is C22H18N4O4. The number of methoxy groups -OCH3 is 1. The molecular weight excluding hydrogens is 384 g/mol. The van der Waals surface area contributed by atoms with Crippen molar-refractivity contribution in [3.8, 4) is 5.75 Å². The smallest absolute Gasteiger partial charge is 0.271 e. The lowest BCUT2D eigenvalue weighted by molar-refractivity contribution is -0.384. The number of nitrogens with one attached hydrogen (secondary N) is 2. The van der Waals surface area contributed by atoms with E-state index in [9.17, 15) is 14.9 Å². The molecule has 4 aromatic rings. The van der Waals surface area contributed by atoms with Crippen LogP contribution in [0.4, 0.5) is 5.69 Å².